The van der Waals surface area contributed by atoms with Gasteiger partial charge in [0.15, 0.2) is 0 Å². The lowest BCUT2D eigenvalue weighted by Crippen LogP contribution is -2.36. The summed E-state index contributed by atoms with van der Waals surface area (Å²) < 4.78 is 5.35. The fourth-order valence-corrected chi connectivity index (χ4v) is 4.03. The van der Waals surface area contributed by atoms with Crippen LogP contribution < -0.4 is 5.32 Å². The first kappa shape index (κ1) is 23.1. The summed E-state index contributed by atoms with van der Waals surface area (Å²) in [6.45, 7) is 10.1. The fourth-order valence-electron chi connectivity index (χ4n) is 3.25. The van der Waals surface area contributed by atoms with E-state index >= 15 is 0 Å². The van der Waals surface area contributed by atoms with Crippen molar-refractivity contribution in [2.75, 3.05) is 38.1 Å². The number of benzene rings is 1. The Bertz CT molecular complexity index is 868. The molecular weight excluding hydrogens is 414 g/mol. The zero-order valence-electron chi connectivity index (χ0n) is 18.5. The monoisotopic (exact) mass is 445 g/mol. The number of nitrogens with zero attached hydrogens (tertiary/aromatic N) is 4. The minimum Gasteiger partial charge on any atom is -0.449 e. The van der Waals surface area contributed by atoms with Gasteiger partial charge in [0.2, 0.25) is 5.01 Å². The SMILES string of the molecule is CCc1ccc(NC(=O)c2nnc(CN3CCCN(C(=O)OCC(C)C)CC3)s2)cc1. The maximum absolute atomic E-state index is 12.5. The third-order valence-corrected chi connectivity index (χ3v) is 5.93. The Balaban J connectivity index is 1.49. The number of amides is 2. The van der Waals surface area contributed by atoms with Gasteiger partial charge in [-0.2, -0.15) is 0 Å². The fraction of sp³-hybridized carbons (Fsp3) is 0.545. The molecule has 31 heavy (non-hydrogen) atoms. The third-order valence-electron chi connectivity index (χ3n) is 5.03. The second-order valence-corrected chi connectivity index (χ2v) is 9.16. The normalized spacial score (nSPS) is 15.0. The van der Waals surface area contributed by atoms with Crippen molar-refractivity contribution < 1.29 is 14.3 Å². The molecule has 0 spiro atoms. The van der Waals surface area contributed by atoms with E-state index in [1.165, 1.54) is 16.9 Å². The second-order valence-electron chi connectivity index (χ2n) is 8.09. The number of nitrogens with one attached hydrogen (secondary N) is 1. The van der Waals surface area contributed by atoms with E-state index in [0.717, 1.165) is 36.6 Å². The smallest absolute Gasteiger partial charge is 0.409 e. The maximum Gasteiger partial charge on any atom is 0.409 e. The molecule has 168 valence electrons. The second kappa shape index (κ2) is 11.2. The van der Waals surface area contributed by atoms with Crippen molar-refractivity contribution in [2.24, 2.45) is 5.92 Å². The Morgan fingerprint density at radius 1 is 1.13 bits per heavy atom. The molecular formula is C22H31N5O3S. The van der Waals surface area contributed by atoms with Crippen LogP contribution in [0.5, 0.6) is 0 Å². The molecule has 2 amide bonds. The number of aromatic nitrogens is 2. The summed E-state index contributed by atoms with van der Waals surface area (Å²) in [4.78, 5) is 28.7. The van der Waals surface area contributed by atoms with Crippen LogP contribution in [0.4, 0.5) is 10.5 Å². The van der Waals surface area contributed by atoms with Gasteiger partial charge >= 0.3 is 6.09 Å². The Hall–Kier alpha value is -2.52. The number of carbonyl (C=O) groups excluding carboxylic acids is 2. The van der Waals surface area contributed by atoms with Crippen LogP contribution in [0.2, 0.25) is 0 Å². The molecule has 0 aliphatic carbocycles. The van der Waals surface area contributed by atoms with Crippen molar-refractivity contribution in [1.82, 2.24) is 20.0 Å². The molecule has 1 aromatic heterocycles. The summed E-state index contributed by atoms with van der Waals surface area (Å²) in [6.07, 6.45) is 1.59. The zero-order valence-corrected chi connectivity index (χ0v) is 19.3. The maximum atomic E-state index is 12.5. The number of hydrogen-bond donors (Lipinski definition) is 1. The molecule has 0 atom stereocenters. The molecule has 3 rings (SSSR count). The quantitative estimate of drug-likeness (QED) is 0.700. The minimum absolute atomic E-state index is 0.239. The molecule has 1 fully saturated rings. The van der Waals surface area contributed by atoms with Crippen molar-refractivity contribution in [2.45, 2.75) is 40.2 Å². The highest BCUT2D eigenvalue weighted by atomic mass is 32.1. The number of hydrogen-bond acceptors (Lipinski definition) is 7. The van der Waals surface area contributed by atoms with E-state index in [4.69, 9.17) is 4.74 Å². The van der Waals surface area contributed by atoms with Gasteiger partial charge in [-0.25, -0.2) is 4.79 Å². The van der Waals surface area contributed by atoms with Gasteiger partial charge in [-0.05, 0) is 36.5 Å². The molecule has 1 aliphatic heterocycles. The Labute approximate surface area is 187 Å². The molecule has 0 radical (unpaired) electrons. The summed E-state index contributed by atoms with van der Waals surface area (Å²) >= 11 is 1.31. The highest BCUT2D eigenvalue weighted by Gasteiger charge is 2.22. The summed E-state index contributed by atoms with van der Waals surface area (Å²) in [7, 11) is 0. The average molecular weight is 446 g/mol. The van der Waals surface area contributed by atoms with E-state index in [1.54, 1.807) is 4.90 Å². The van der Waals surface area contributed by atoms with Gasteiger partial charge in [0.25, 0.3) is 5.91 Å². The average Bonchev–Trinajstić information content (AvgIpc) is 3.10. The van der Waals surface area contributed by atoms with Crippen LogP contribution in [0.1, 0.15) is 47.6 Å². The van der Waals surface area contributed by atoms with Gasteiger partial charge in [-0.15, -0.1) is 10.2 Å². The largest absolute Gasteiger partial charge is 0.449 e. The van der Waals surface area contributed by atoms with E-state index in [0.29, 0.717) is 37.2 Å². The predicted molar refractivity (Wildman–Crippen MR) is 121 cm³/mol. The lowest BCUT2D eigenvalue weighted by molar-refractivity contribution is 0.0929. The molecule has 0 bridgehead atoms. The van der Waals surface area contributed by atoms with Crippen LogP contribution in [0.3, 0.4) is 0 Å². The molecule has 0 unspecified atom stereocenters. The third kappa shape index (κ3) is 7.00. The molecule has 9 heteroatoms. The predicted octanol–water partition coefficient (Wildman–Crippen LogP) is 3.65. The summed E-state index contributed by atoms with van der Waals surface area (Å²) in [6, 6.07) is 7.80. The molecule has 2 aromatic rings. The van der Waals surface area contributed by atoms with E-state index in [-0.39, 0.29) is 12.0 Å². The van der Waals surface area contributed by atoms with Crippen molar-refractivity contribution in [3.8, 4) is 0 Å². The first-order valence-corrected chi connectivity index (χ1v) is 11.6. The first-order chi connectivity index (χ1) is 14.9. The van der Waals surface area contributed by atoms with Crippen LogP contribution >= 0.6 is 11.3 Å². The summed E-state index contributed by atoms with van der Waals surface area (Å²) in [5.41, 5.74) is 1.97. The standard InChI is InChI=1S/C22H31N5O3S/c1-4-17-6-8-18(9-7-17)23-20(28)21-25-24-19(31-21)14-26-10-5-11-27(13-12-26)22(29)30-15-16(2)3/h6-9,16H,4-5,10-15H2,1-3H3,(H,23,28). The Morgan fingerprint density at radius 2 is 1.90 bits per heavy atom. The first-order valence-electron chi connectivity index (χ1n) is 10.8. The molecule has 1 saturated heterocycles. The summed E-state index contributed by atoms with van der Waals surface area (Å²) in [5, 5.41) is 12.3. The van der Waals surface area contributed by atoms with Crippen molar-refractivity contribution >= 4 is 29.0 Å². The van der Waals surface area contributed by atoms with Crippen LogP contribution in [0, 0.1) is 5.92 Å². The van der Waals surface area contributed by atoms with Crippen LogP contribution in [-0.4, -0.2) is 64.8 Å². The molecule has 1 aromatic carbocycles. The topological polar surface area (TPSA) is 87.7 Å². The van der Waals surface area contributed by atoms with Crippen LogP contribution in [-0.2, 0) is 17.7 Å². The molecule has 1 aliphatic rings. The number of anilines is 1. The molecule has 2 heterocycles. The minimum atomic E-state index is -0.247. The van der Waals surface area contributed by atoms with E-state index in [9.17, 15) is 9.59 Å². The Morgan fingerprint density at radius 3 is 2.61 bits per heavy atom. The highest BCUT2D eigenvalue weighted by Crippen LogP contribution is 2.17. The molecule has 8 nitrogen and oxygen atoms in total. The van der Waals surface area contributed by atoms with Crippen molar-refractivity contribution in [1.29, 1.82) is 0 Å². The summed E-state index contributed by atoms with van der Waals surface area (Å²) in [5.74, 6) is 0.0786. The van der Waals surface area contributed by atoms with Gasteiger partial charge in [0.05, 0.1) is 13.2 Å². The van der Waals surface area contributed by atoms with E-state index in [1.807, 2.05) is 38.1 Å². The Kier molecular flexibility index (Phi) is 8.36. The van der Waals surface area contributed by atoms with Gasteiger partial charge < -0.3 is 15.0 Å². The number of carbonyl (C=O) groups is 2. The van der Waals surface area contributed by atoms with Gasteiger partial charge in [0.1, 0.15) is 5.01 Å². The number of rotatable bonds is 7. The van der Waals surface area contributed by atoms with Crippen LogP contribution in [0.25, 0.3) is 0 Å². The number of ether oxygens (including phenoxy) is 1. The van der Waals surface area contributed by atoms with Crippen molar-refractivity contribution in [3.63, 3.8) is 0 Å². The van der Waals surface area contributed by atoms with Crippen LogP contribution in [0.15, 0.2) is 24.3 Å². The van der Waals surface area contributed by atoms with Gasteiger partial charge in [-0.1, -0.05) is 44.2 Å². The highest BCUT2D eigenvalue weighted by molar-refractivity contribution is 7.13. The zero-order chi connectivity index (χ0) is 22.2. The van der Waals surface area contributed by atoms with E-state index < -0.39 is 0 Å². The van der Waals surface area contributed by atoms with E-state index in [2.05, 4.69) is 27.3 Å². The van der Waals surface area contributed by atoms with Gasteiger partial charge in [-0.3, -0.25) is 9.69 Å². The van der Waals surface area contributed by atoms with Gasteiger partial charge in [0, 0.05) is 31.9 Å². The lowest BCUT2D eigenvalue weighted by atomic mass is 10.1. The molecule has 1 N–H and O–H groups in total. The molecule has 0 saturated carbocycles. The van der Waals surface area contributed by atoms with Crippen molar-refractivity contribution in [3.05, 3.63) is 39.8 Å². The number of aryl methyl sites for hydroxylation is 1. The lowest BCUT2D eigenvalue weighted by Gasteiger charge is -2.21.